The molecule has 0 heterocycles. The highest BCUT2D eigenvalue weighted by atomic mass is 16.4. The van der Waals surface area contributed by atoms with Crippen LogP contribution in [0.1, 0.15) is 13.3 Å². The Morgan fingerprint density at radius 2 is 0.742 bits per heavy atom. The third-order valence-electron chi connectivity index (χ3n) is 2.45. The molecule has 0 spiro atoms. The van der Waals surface area contributed by atoms with Crippen molar-refractivity contribution in [1.29, 1.82) is 0 Å². The molecule has 31 heavy (non-hydrogen) atoms. The van der Waals surface area contributed by atoms with Crippen molar-refractivity contribution in [3.8, 4) is 0 Å². The maximum Gasteiger partial charge on any atom is 0.327 e. The van der Waals surface area contributed by atoms with Crippen molar-refractivity contribution in [1.82, 2.24) is 0 Å². The van der Waals surface area contributed by atoms with E-state index in [1.165, 1.54) is 0 Å². The van der Waals surface area contributed by atoms with Gasteiger partial charge in [0.2, 0.25) is 0 Å². The minimum absolute atomic E-state index is 0.156. The van der Waals surface area contributed by atoms with Crippen LogP contribution in [0, 0.1) is 5.41 Å². The molecule has 0 aliphatic carbocycles. The van der Waals surface area contributed by atoms with Crippen molar-refractivity contribution in [3.05, 3.63) is 63.8 Å². The molecule has 0 atom stereocenters. The largest absolute Gasteiger partial charge is 0.478 e. The summed E-state index contributed by atoms with van der Waals surface area (Å²) in [4.78, 5) is 37.0. The van der Waals surface area contributed by atoms with Gasteiger partial charge >= 0.3 is 23.9 Å². The van der Waals surface area contributed by atoms with Gasteiger partial charge in [-0.2, -0.15) is 0 Å². The average Bonchev–Trinajstić information content (AvgIpc) is 2.78. The number of carboxylic acid groups (broad SMARTS) is 4. The number of hydrogen-bond donors (Lipinski definition) is 7. The normalized spacial score (nSPS) is 7.74. The van der Waals surface area contributed by atoms with E-state index in [2.05, 4.69) is 39.5 Å². The monoisotopic (exact) mass is 450 g/mol. The number of aliphatic hydroxyl groups is 3. The molecule has 0 aromatic carbocycles. The van der Waals surface area contributed by atoms with Crippen molar-refractivity contribution < 1.29 is 54.9 Å². The number of rotatable bonds is 8. The lowest BCUT2D eigenvalue weighted by Crippen LogP contribution is -2.32. The smallest absolute Gasteiger partial charge is 0.327 e. The summed E-state index contributed by atoms with van der Waals surface area (Å²) in [5.74, 6) is -3.93. The van der Waals surface area contributed by atoms with Crippen LogP contribution in [-0.4, -0.2) is 79.4 Å². The zero-order valence-corrected chi connectivity index (χ0v) is 17.6. The van der Waals surface area contributed by atoms with Crippen LogP contribution < -0.4 is 0 Å². The first kappa shape index (κ1) is 41.7. The molecule has 0 aromatic heterocycles. The predicted octanol–water partition coefficient (Wildman–Crippen LogP) is 1.19. The minimum Gasteiger partial charge on any atom is -0.478 e. The van der Waals surface area contributed by atoms with Gasteiger partial charge in [0, 0.05) is 29.7 Å². The molecule has 0 aliphatic heterocycles. The van der Waals surface area contributed by atoms with Gasteiger partial charge in [-0.3, -0.25) is 0 Å². The van der Waals surface area contributed by atoms with E-state index in [1.807, 2.05) is 6.92 Å². The molecule has 11 heteroatoms. The van der Waals surface area contributed by atoms with Crippen LogP contribution in [0.3, 0.4) is 0 Å². The summed E-state index contributed by atoms with van der Waals surface area (Å²) >= 11 is 0. The molecular formula is C20H34O11. The van der Waals surface area contributed by atoms with E-state index in [1.54, 1.807) is 0 Å². The quantitative estimate of drug-likeness (QED) is 0.206. The zero-order valence-electron chi connectivity index (χ0n) is 17.6. The lowest BCUT2D eigenvalue weighted by atomic mass is 9.88. The van der Waals surface area contributed by atoms with Gasteiger partial charge in [-0.1, -0.05) is 33.2 Å². The maximum absolute atomic E-state index is 9.25. The first-order valence-corrected chi connectivity index (χ1v) is 8.07. The molecule has 11 nitrogen and oxygen atoms in total. The van der Waals surface area contributed by atoms with E-state index >= 15 is 0 Å². The molecule has 180 valence electrons. The van der Waals surface area contributed by atoms with Gasteiger partial charge in [0.05, 0.1) is 19.8 Å². The zero-order chi connectivity index (χ0) is 26.5. The fourth-order valence-electron chi connectivity index (χ4n) is 0.485. The minimum atomic E-state index is -0.981. The molecular weight excluding hydrogens is 416 g/mol. The van der Waals surface area contributed by atoms with Gasteiger partial charge in [0.25, 0.3) is 0 Å². The van der Waals surface area contributed by atoms with E-state index < -0.39 is 29.3 Å². The average molecular weight is 450 g/mol. The Hall–Kier alpha value is -3.54. The maximum atomic E-state index is 9.25. The standard InChI is InChI=1S/C6H14O3.4C3H4O2.C2H4/c1-2-6(3-7,4-8)5-9;4*1-2-3(4)5;1-2/h7-9H,2-5H2,1H3;4*2H,1H2,(H,4,5);1-2H2. The molecule has 0 saturated heterocycles. The Kier molecular flexibility index (Phi) is 45.8. The molecule has 0 aromatic rings. The Morgan fingerprint density at radius 3 is 0.742 bits per heavy atom. The lowest BCUT2D eigenvalue weighted by Gasteiger charge is -2.24. The molecule has 0 radical (unpaired) electrons. The number of aliphatic carboxylic acids is 4. The summed E-state index contributed by atoms with van der Waals surface area (Å²) in [5, 5.41) is 56.4. The summed E-state index contributed by atoms with van der Waals surface area (Å²) < 4.78 is 0. The fraction of sp³-hybridized carbons (Fsp3) is 0.300. The van der Waals surface area contributed by atoms with Gasteiger partial charge < -0.3 is 35.7 Å². The van der Waals surface area contributed by atoms with Crippen LogP contribution in [-0.2, 0) is 19.2 Å². The van der Waals surface area contributed by atoms with E-state index in [0.717, 1.165) is 24.3 Å². The van der Waals surface area contributed by atoms with Crippen molar-refractivity contribution in [3.63, 3.8) is 0 Å². The van der Waals surface area contributed by atoms with Crippen LogP contribution in [0.5, 0.6) is 0 Å². The van der Waals surface area contributed by atoms with Crippen molar-refractivity contribution in [2.75, 3.05) is 19.8 Å². The third-order valence-corrected chi connectivity index (χ3v) is 2.45. The molecule has 7 N–H and O–H groups in total. The van der Waals surface area contributed by atoms with Gasteiger partial charge in [-0.25, -0.2) is 19.2 Å². The summed E-state index contributed by atoms with van der Waals surface area (Å²) in [6.45, 7) is 19.2. The molecule has 0 saturated carbocycles. The highest BCUT2D eigenvalue weighted by Gasteiger charge is 2.24. The summed E-state index contributed by atoms with van der Waals surface area (Å²) in [5.41, 5.74) is -0.667. The van der Waals surface area contributed by atoms with Crippen LogP contribution in [0.4, 0.5) is 0 Å². The third kappa shape index (κ3) is 58.4. The SMILES string of the molecule is C=C.C=CC(=O)O.C=CC(=O)O.C=CC(=O)O.C=CC(=O)O.CCC(CO)(CO)CO. The Bertz CT molecular complexity index is 432. The molecule has 0 aliphatic rings. The summed E-state index contributed by atoms with van der Waals surface area (Å²) in [6.07, 6.45) is 3.93. The van der Waals surface area contributed by atoms with E-state index in [9.17, 15) is 19.2 Å². The Labute approximate surface area is 181 Å². The molecule has 0 rings (SSSR count). The van der Waals surface area contributed by atoms with Crippen molar-refractivity contribution in [2.45, 2.75) is 13.3 Å². The number of carbonyl (C=O) groups is 4. The second-order valence-electron chi connectivity index (χ2n) is 4.50. The first-order chi connectivity index (χ1) is 14.3. The van der Waals surface area contributed by atoms with Crippen molar-refractivity contribution >= 4 is 23.9 Å². The van der Waals surface area contributed by atoms with E-state index in [0.29, 0.717) is 6.42 Å². The Morgan fingerprint density at radius 1 is 0.613 bits per heavy atom. The molecule has 0 amide bonds. The van der Waals surface area contributed by atoms with E-state index in [4.69, 9.17) is 35.7 Å². The van der Waals surface area contributed by atoms with Crippen LogP contribution in [0.15, 0.2) is 63.8 Å². The first-order valence-electron chi connectivity index (χ1n) is 8.07. The topological polar surface area (TPSA) is 210 Å². The van der Waals surface area contributed by atoms with Crippen LogP contribution in [0.2, 0.25) is 0 Å². The molecule has 0 bridgehead atoms. The highest BCUT2D eigenvalue weighted by molar-refractivity contribution is 5.79. The fourth-order valence-corrected chi connectivity index (χ4v) is 0.485. The Balaban J connectivity index is -0.0000000633. The molecule has 0 fully saturated rings. The lowest BCUT2D eigenvalue weighted by molar-refractivity contribution is -0.132. The second-order valence-corrected chi connectivity index (χ2v) is 4.50. The van der Waals surface area contributed by atoms with Crippen LogP contribution in [0.25, 0.3) is 0 Å². The predicted molar refractivity (Wildman–Crippen MR) is 117 cm³/mol. The number of hydrogen-bond acceptors (Lipinski definition) is 7. The van der Waals surface area contributed by atoms with Crippen molar-refractivity contribution in [2.24, 2.45) is 5.41 Å². The summed E-state index contributed by atoms with van der Waals surface area (Å²) in [6, 6.07) is 0. The van der Waals surface area contributed by atoms with Gasteiger partial charge in [-0.05, 0) is 6.42 Å². The number of aliphatic hydroxyl groups excluding tert-OH is 3. The van der Waals surface area contributed by atoms with E-state index in [-0.39, 0.29) is 19.8 Å². The highest BCUT2D eigenvalue weighted by Crippen LogP contribution is 2.18. The summed E-state index contributed by atoms with van der Waals surface area (Å²) in [7, 11) is 0. The molecule has 0 unspecified atom stereocenters. The van der Waals surface area contributed by atoms with Gasteiger partial charge in [-0.15, -0.1) is 13.2 Å². The van der Waals surface area contributed by atoms with Gasteiger partial charge in [0.15, 0.2) is 0 Å². The van der Waals surface area contributed by atoms with Crippen LogP contribution >= 0.6 is 0 Å². The second kappa shape index (κ2) is 34.0. The van der Waals surface area contributed by atoms with Gasteiger partial charge in [0.1, 0.15) is 0 Å². The number of carboxylic acids is 4.